The standard InChI is InChI=1S/C10H12O4/c1-2-6(10(13)14)7-4-3-5-8(11)9(7)12/h3-6,11-12H,2H2,1H3,(H,13,14)/p-1. The van der Waals surface area contributed by atoms with Crippen molar-refractivity contribution in [2.45, 2.75) is 19.3 Å². The normalized spacial score (nSPS) is 12.4. The molecule has 14 heavy (non-hydrogen) atoms. The summed E-state index contributed by atoms with van der Waals surface area (Å²) in [5, 5.41) is 29.3. The highest BCUT2D eigenvalue weighted by Crippen LogP contribution is 2.34. The van der Waals surface area contributed by atoms with Crippen LogP contribution >= 0.6 is 0 Å². The third kappa shape index (κ3) is 1.79. The molecule has 1 aromatic rings. The number of para-hydroxylation sites is 1. The number of carboxylic acids is 1. The van der Waals surface area contributed by atoms with Crippen molar-refractivity contribution in [3.8, 4) is 11.5 Å². The first-order valence-corrected chi connectivity index (χ1v) is 4.29. The van der Waals surface area contributed by atoms with E-state index in [4.69, 9.17) is 5.11 Å². The third-order valence-electron chi connectivity index (χ3n) is 2.11. The van der Waals surface area contributed by atoms with Crippen LogP contribution in [0.25, 0.3) is 0 Å². The highest BCUT2D eigenvalue weighted by atomic mass is 16.4. The second kappa shape index (κ2) is 4.00. The van der Waals surface area contributed by atoms with Crippen molar-refractivity contribution in [1.29, 1.82) is 0 Å². The quantitative estimate of drug-likeness (QED) is 0.681. The Kier molecular flexibility index (Phi) is 2.96. The topological polar surface area (TPSA) is 80.6 Å². The van der Waals surface area contributed by atoms with E-state index in [1.165, 1.54) is 18.2 Å². The Morgan fingerprint density at radius 1 is 1.50 bits per heavy atom. The van der Waals surface area contributed by atoms with Gasteiger partial charge >= 0.3 is 0 Å². The van der Waals surface area contributed by atoms with Crippen LogP contribution in [0.2, 0.25) is 0 Å². The number of carbonyl (C=O) groups is 1. The lowest BCUT2D eigenvalue weighted by molar-refractivity contribution is -0.308. The van der Waals surface area contributed by atoms with Crippen molar-refractivity contribution >= 4 is 5.97 Å². The van der Waals surface area contributed by atoms with Crippen molar-refractivity contribution in [2.24, 2.45) is 0 Å². The molecule has 76 valence electrons. The van der Waals surface area contributed by atoms with E-state index in [9.17, 15) is 15.0 Å². The number of carboxylic acid groups (broad SMARTS) is 1. The zero-order valence-electron chi connectivity index (χ0n) is 7.73. The van der Waals surface area contributed by atoms with Crippen LogP contribution < -0.4 is 5.11 Å². The summed E-state index contributed by atoms with van der Waals surface area (Å²) in [6, 6.07) is 4.23. The Bertz CT molecular complexity index is 346. The lowest BCUT2D eigenvalue weighted by atomic mass is 9.95. The molecule has 0 radical (unpaired) electrons. The summed E-state index contributed by atoms with van der Waals surface area (Å²) in [5.41, 5.74) is 0.188. The first-order chi connectivity index (χ1) is 6.57. The molecule has 0 saturated carbocycles. The molecular weight excluding hydrogens is 184 g/mol. The lowest BCUT2D eigenvalue weighted by Crippen LogP contribution is -2.29. The van der Waals surface area contributed by atoms with Crippen molar-refractivity contribution < 1.29 is 20.1 Å². The maximum atomic E-state index is 10.7. The number of hydrogen-bond acceptors (Lipinski definition) is 4. The Morgan fingerprint density at radius 3 is 2.64 bits per heavy atom. The molecule has 0 aliphatic carbocycles. The van der Waals surface area contributed by atoms with E-state index in [-0.39, 0.29) is 17.1 Å². The van der Waals surface area contributed by atoms with Gasteiger partial charge in [0.1, 0.15) is 0 Å². The molecule has 0 heterocycles. The second-order valence-corrected chi connectivity index (χ2v) is 2.99. The van der Waals surface area contributed by atoms with Crippen LogP contribution in [0.5, 0.6) is 11.5 Å². The molecule has 2 N–H and O–H groups in total. The summed E-state index contributed by atoms with van der Waals surface area (Å²) in [5.74, 6) is -2.85. The molecule has 0 aromatic heterocycles. The van der Waals surface area contributed by atoms with Gasteiger partial charge in [0.2, 0.25) is 0 Å². The predicted octanol–water partition coefficient (Wildman–Crippen LogP) is 0.341. The van der Waals surface area contributed by atoms with E-state index >= 15 is 0 Å². The van der Waals surface area contributed by atoms with Gasteiger partial charge in [-0.2, -0.15) is 0 Å². The number of phenolic OH excluding ortho intramolecular Hbond substituents is 2. The SMILES string of the molecule is CCC(C(=O)[O-])c1cccc(O)c1O. The summed E-state index contributed by atoms with van der Waals surface area (Å²) in [6.45, 7) is 1.67. The minimum atomic E-state index is -1.26. The zero-order valence-corrected chi connectivity index (χ0v) is 7.73. The largest absolute Gasteiger partial charge is 0.549 e. The van der Waals surface area contributed by atoms with Crippen molar-refractivity contribution in [2.75, 3.05) is 0 Å². The number of phenols is 2. The fourth-order valence-electron chi connectivity index (χ4n) is 1.34. The van der Waals surface area contributed by atoms with E-state index in [1.807, 2.05) is 0 Å². The molecule has 0 bridgehead atoms. The Labute approximate surface area is 81.4 Å². The Morgan fingerprint density at radius 2 is 2.14 bits per heavy atom. The van der Waals surface area contributed by atoms with Gasteiger partial charge in [0, 0.05) is 17.5 Å². The maximum Gasteiger partial charge on any atom is 0.161 e. The van der Waals surface area contributed by atoms with Crippen molar-refractivity contribution in [1.82, 2.24) is 0 Å². The first-order valence-electron chi connectivity index (χ1n) is 4.29. The van der Waals surface area contributed by atoms with Crippen LogP contribution in [0, 0.1) is 0 Å². The summed E-state index contributed by atoms with van der Waals surface area (Å²) in [4.78, 5) is 10.7. The Hall–Kier alpha value is -1.71. The second-order valence-electron chi connectivity index (χ2n) is 2.99. The van der Waals surface area contributed by atoms with Gasteiger partial charge in [-0.1, -0.05) is 19.1 Å². The number of aromatic hydroxyl groups is 2. The van der Waals surface area contributed by atoms with Crippen LogP contribution in [0.1, 0.15) is 24.8 Å². The maximum absolute atomic E-state index is 10.7. The number of benzene rings is 1. The Balaban J connectivity index is 3.16. The van der Waals surface area contributed by atoms with E-state index in [0.717, 1.165) is 0 Å². The van der Waals surface area contributed by atoms with Crippen molar-refractivity contribution in [3.63, 3.8) is 0 Å². The molecule has 0 fully saturated rings. The average Bonchev–Trinajstić information content (AvgIpc) is 2.13. The average molecular weight is 195 g/mol. The number of carbonyl (C=O) groups excluding carboxylic acids is 1. The molecular formula is C10H11O4-. The fourth-order valence-corrected chi connectivity index (χ4v) is 1.34. The predicted molar refractivity (Wildman–Crippen MR) is 47.8 cm³/mol. The first kappa shape index (κ1) is 10.4. The van der Waals surface area contributed by atoms with Gasteiger partial charge in [-0.3, -0.25) is 0 Å². The van der Waals surface area contributed by atoms with Gasteiger partial charge in [-0.15, -0.1) is 0 Å². The molecule has 1 aromatic carbocycles. The monoisotopic (exact) mass is 195 g/mol. The summed E-state index contributed by atoms with van der Waals surface area (Å²) in [7, 11) is 0. The zero-order chi connectivity index (χ0) is 10.7. The van der Waals surface area contributed by atoms with E-state index < -0.39 is 11.9 Å². The highest BCUT2D eigenvalue weighted by Gasteiger charge is 2.16. The molecule has 0 aliphatic heterocycles. The number of aliphatic carboxylic acids is 1. The van der Waals surface area contributed by atoms with Gasteiger partial charge < -0.3 is 20.1 Å². The number of rotatable bonds is 3. The van der Waals surface area contributed by atoms with E-state index in [1.54, 1.807) is 6.92 Å². The highest BCUT2D eigenvalue weighted by molar-refractivity contribution is 5.75. The molecule has 4 nitrogen and oxygen atoms in total. The van der Waals surface area contributed by atoms with Gasteiger partial charge in [0.05, 0.1) is 0 Å². The molecule has 0 saturated heterocycles. The minimum Gasteiger partial charge on any atom is -0.549 e. The summed E-state index contributed by atoms with van der Waals surface area (Å²) < 4.78 is 0. The summed E-state index contributed by atoms with van der Waals surface area (Å²) >= 11 is 0. The molecule has 1 rings (SSSR count). The molecule has 0 aliphatic rings. The van der Waals surface area contributed by atoms with Crippen molar-refractivity contribution in [3.05, 3.63) is 23.8 Å². The van der Waals surface area contributed by atoms with Crippen LogP contribution in [0.15, 0.2) is 18.2 Å². The van der Waals surface area contributed by atoms with Gasteiger partial charge in [0.15, 0.2) is 11.5 Å². The molecule has 1 unspecified atom stereocenters. The number of hydrogen-bond donors (Lipinski definition) is 2. The lowest BCUT2D eigenvalue weighted by Gasteiger charge is -2.17. The summed E-state index contributed by atoms with van der Waals surface area (Å²) in [6.07, 6.45) is 0.305. The fraction of sp³-hybridized carbons (Fsp3) is 0.300. The van der Waals surface area contributed by atoms with Crippen LogP contribution in [0.4, 0.5) is 0 Å². The van der Waals surface area contributed by atoms with Crippen LogP contribution in [-0.2, 0) is 4.79 Å². The molecule has 4 heteroatoms. The smallest absolute Gasteiger partial charge is 0.161 e. The minimum absolute atomic E-state index is 0.188. The van der Waals surface area contributed by atoms with Gasteiger partial charge in [0.25, 0.3) is 0 Å². The molecule has 1 atom stereocenters. The molecule has 0 amide bonds. The van der Waals surface area contributed by atoms with Gasteiger partial charge in [-0.25, -0.2) is 0 Å². The molecule has 0 spiro atoms. The van der Waals surface area contributed by atoms with Gasteiger partial charge in [-0.05, 0) is 12.5 Å². The van der Waals surface area contributed by atoms with E-state index in [2.05, 4.69) is 0 Å². The third-order valence-corrected chi connectivity index (χ3v) is 2.11. The van der Waals surface area contributed by atoms with Crippen LogP contribution in [0.3, 0.4) is 0 Å². The van der Waals surface area contributed by atoms with E-state index in [0.29, 0.717) is 6.42 Å². The van der Waals surface area contributed by atoms with Crippen LogP contribution in [-0.4, -0.2) is 16.2 Å².